The zero-order valence-electron chi connectivity index (χ0n) is 12.2. The summed E-state index contributed by atoms with van der Waals surface area (Å²) >= 11 is 0. The molecule has 0 spiro atoms. The molecule has 6 heteroatoms. The van der Waals surface area contributed by atoms with Crippen molar-refractivity contribution >= 4 is 17.8 Å². The first-order chi connectivity index (χ1) is 10.5. The third-order valence-electron chi connectivity index (χ3n) is 4.36. The maximum Gasteiger partial charge on any atom is 0.304 e. The van der Waals surface area contributed by atoms with Gasteiger partial charge in [-0.15, -0.1) is 0 Å². The molecule has 1 heterocycles. The Morgan fingerprint density at radius 2 is 1.95 bits per heavy atom. The highest BCUT2D eigenvalue weighted by molar-refractivity contribution is 6.10. The van der Waals surface area contributed by atoms with Gasteiger partial charge in [0.15, 0.2) is 0 Å². The van der Waals surface area contributed by atoms with E-state index in [-0.39, 0.29) is 30.7 Å². The van der Waals surface area contributed by atoms with E-state index in [1.54, 1.807) is 24.3 Å². The number of carboxylic acids is 1. The molecule has 3 rings (SSSR count). The fraction of sp³-hybridized carbons (Fsp3) is 0.438. The van der Waals surface area contributed by atoms with Gasteiger partial charge in [-0.25, -0.2) is 0 Å². The summed E-state index contributed by atoms with van der Waals surface area (Å²) in [5, 5.41) is 9.24. The first-order valence-electron chi connectivity index (χ1n) is 7.21. The summed E-state index contributed by atoms with van der Waals surface area (Å²) in [4.78, 5) is 37.6. The fourth-order valence-electron chi connectivity index (χ4n) is 3.10. The summed E-state index contributed by atoms with van der Waals surface area (Å²) in [5.74, 6) is -1.13. The number of carbonyl (C=O) groups excluding carboxylic acids is 2. The van der Waals surface area contributed by atoms with E-state index in [9.17, 15) is 19.5 Å². The number of rotatable bonds is 5. The minimum atomic E-state index is -1.29. The van der Waals surface area contributed by atoms with E-state index in [0.29, 0.717) is 11.3 Å². The Labute approximate surface area is 127 Å². The Balaban J connectivity index is 2.02. The van der Waals surface area contributed by atoms with Crippen LogP contribution in [0.1, 0.15) is 31.2 Å². The predicted molar refractivity (Wildman–Crippen MR) is 76.4 cm³/mol. The molecule has 1 atom stereocenters. The van der Waals surface area contributed by atoms with Crippen LogP contribution in [-0.4, -0.2) is 40.9 Å². The molecular formula is C16H17NO5. The topological polar surface area (TPSA) is 83.9 Å². The minimum Gasteiger partial charge on any atom is -0.497 e. The van der Waals surface area contributed by atoms with Crippen molar-refractivity contribution in [1.82, 2.24) is 4.90 Å². The van der Waals surface area contributed by atoms with Crippen molar-refractivity contribution in [3.05, 3.63) is 29.8 Å². The molecule has 1 N–H and O–H groups in total. The Morgan fingerprint density at radius 3 is 2.45 bits per heavy atom. The van der Waals surface area contributed by atoms with Crippen LogP contribution >= 0.6 is 0 Å². The molecule has 1 aromatic rings. The van der Waals surface area contributed by atoms with Crippen molar-refractivity contribution in [2.45, 2.75) is 37.1 Å². The number of ether oxygens (including phenoxy) is 1. The molecule has 1 aromatic carbocycles. The maximum absolute atomic E-state index is 12.8. The maximum atomic E-state index is 12.8. The van der Waals surface area contributed by atoms with Crippen LogP contribution in [0.2, 0.25) is 0 Å². The van der Waals surface area contributed by atoms with Gasteiger partial charge in [-0.05, 0) is 30.5 Å². The third-order valence-corrected chi connectivity index (χ3v) is 4.36. The first kappa shape index (κ1) is 14.6. The highest BCUT2D eigenvalue weighted by Gasteiger charge is 2.57. The molecule has 1 saturated heterocycles. The highest BCUT2D eigenvalue weighted by Crippen LogP contribution is 2.44. The third kappa shape index (κ3) is 2.24. The van der Waals surface area contributed by atoms with E-state index in [0.717, 1.165) is 12.8 Å². The number of hydrogen-bond donors (Lipinski definition) is 1. The summed E-state index contributed by atoms with van der Waals surface area (Å²) in [6.45, 7) is 0. The van der Waals surface area contributed by atoms with Crippen LogP contribution in [0.4, 0.5) is 0 Å². The van der Waals surface area contributed by atoms with E-state index in [1.807, 2.05) is 0 Å². The molecule has 2 amide bonds. The number of aliphatic carboxylic acids is 1. The molecule has 1 saturated carbocycles. The Kier molecular flexibility index (Phi) is 3.39. The molecular weight excluding hydrogens is 286 g/mol. The zero-order valence-corrected chi connectivity index (χ0v) is 12.2. The van der Waals surface area contributed by atoms with Crippen molar-refractivity contribution in [1.29, 1.82) is 0 Å². The van der Waals surface area contributed by atoms with E-state index in [1.165, 1.54) is 12.0 Å². The highest BCUT2D eigenvalue weighted by atomic mass is 16.5. The quantitative estimate of drug-likeness (QED) is 0.830. The number of carboxylic acid groups (broad SMARTS) is 1. The SMILES string of the molecule is COc1ccc(C2(CC(=O)O)CC(=O)N(C3CC3)C2=O)cc1. The molecule has 22 heavy (non-hydrogen) atoms. The molecule has 0 radical (unpaired) electrons. The molecule has 1 aliphatic heterocycles. The standard InChI is InChI=1S/C16H17NO5/c1-22-12-6-2-10(3-7-12)16(9-14(19)20)8-13(18)17(15(16)21)11-4-5-11/h2-3,6-7,11H,4-5,8-9H2,1H3,(H,19,20). The lowest BCUT2D eigenvalue weighted by molar-refractivity contribution is -0.145. The molecule has 2 aliphatic rings. The average Bonchev–Trinajstić information content (AvgIpc) is 3.27. The van der Waals surface area contributed by atoms with Crippen molar-refractivity contribution in [3.8, 4) is 5.75 Å². The largest absolute Gasteiger partial charge is 0.497 e. The number of imide groups is 1. The Morgan fingerprint density at radius 1 is 1.32 bits per heavy atom. The predicted octanol–water partition coefficient (Wildman–Crippen LogP) is 1.33. The van der Waals surface area contributed by atoms with Gasteiger partial charge in [0.25, 0.3) is 0 Å². The number of methoxy groups -OCH3 is 1. The molecule has 116 valence electrons. The number of nitrogens with zero attached hydrogens (tertiary/aromatic N) is 1. The molecule has 0 aromatic heterocycles. The molecule has 0 bridgehead atoms. The van der Waals surface area contributed by atoms with Crippen molar-refractivity contribution in [2.24, 2.45) is 0 Å². The lowest BCUT2D eigenvalue weighted by Gasteiger charge is -2.26. The Hall–Kier alpha value is -2.37. The number of carbonyl (C=O) groups is 3. The molecule has 2 fully saturated rings. The van der Waals surface area contributed by atoms with Gasteiger partial charge in [0.1, 0.15) is 5.75 Å². The Bertz CT molecular complexity index is 634. The van der Waals surface area contributed by atoms with Crippen molar-refractivity contribution in [3.63, 3.8) is 0 Å². The molecule has 1 aliphatic carbocycles. The summed E-state index contributed by atoms with van der Waals surface area (Å²) < 4.78 is 5.08. The van der Waals surface area contributed by atoms with Crippen LogP contribution in [0.5, 0.6) is 5.75 Å². The van der Waals surface area contributed by atoms with Gasteiger partial charge in [-0.1, -0.05) is 12.1 Å². The van der Waals surface area contributed by atoms with Crippen LogP contribution < -0.4 is 4.74 Å². The number of benzene rings is 1. The van der Waals surface area contributed by atoms with E-state index in [4.69, 9.17) is 4.74 Å². The molecule has 1 unspecified atom stereocenters. The van der Waals surface area contributed by atoms with Crippen LogP contribution in [0.15, 0.2) is 24.3 Å². The monoisotopic (exact) mass is 303 g/mol. The van der Waals surface area contributed by atoms with Gasteiger partial charge in [0.05, 0.1) is 18.9 Å². The normalized spacial score (nSPS) is 24.7. The second-order valence-electron chi connectivity index (χ2n) is 5.86. The lowest BCUT2D eigenvalue weighted by atomic mass is 9.76. The van der Waals surface area contributed by atoms with Crippen molar-refractivity contribution < 1.29 is 24.2 Å². The van der Waals surface area contributed by atoms with E-state index < -0.39 is 11.4 Å². The first-order valence-corrected chi connectivity index (χ1v) is 7.21. The van der Waals surface area contributed by atoms with Gasteiger partial charge in [-0.3, -0.25) is 19.3 Å². The van der Waals surface area contributed by atoms with Crippen LogP contribution in [0, 0.1) is 0 Å². The van der Waals surface area contributed by atoms with Gasteiger partial charge >= 0.3 is 5.97 Å². The summed E-state index contributed by atoms with van der Waals surface area (Å²) in [7, 11) is 1.53. The van der Waals surface area contributed by atoms with Gasteiger partial charge in [0, 0.05) is 12.5 Å². The smallest absolute Gasteiger partial charge is 0.304 e. The minimum absolute atomic E-state index is 0.0473. The van der Waals surface area contributed by atoms with E-state index in [2.05, 4.69) is 0 Å². The summed E-state index contributed by atoms with van der Waals surface area (Å²) in [6, 6.07) is 6.65. The second kappa shape index (κ2) is 5.12. The number of likely N-dealkylation sites (tertiary alicyclic amines) is 1. The fourth-order valence-corrected chi connectivity index (χ4v) is 3.10. The zero-order chi connectivity index (χ0) is 15.9. The van der Waals surface area contributed by atoms with Crippen LogP contribution in [-0.2, 0) is 19.8 Å². The second-order valence-corrected chi connectivity index (χ2v) is 5.86. The van der Waals surface area contributed by atoms with E-state index >= 15 is 0 Å². The number of amides is 2. The lowest BCUT2D eigenvalue weighted by Crippen LogP contribution is -2.41. The summed E-state index contributed by atoms with van der Waals surface area (Å²) in [5.41, 5.74) is -0.741. The van der Waals surface area contributed by atoms with Crippen LogP contribution in [0.25, 0.3) is 0 Å². The summed E-state index contributed by atoms with van der Waals surface area (Å²) in [6.07, 6.45) is 1.15. The van der Waals surface area contributed by atoms with Gasteiger partial charge < -0.3 is 9.84 Å². The van der Waals surface area contributed by atoms with Crippen LogP contribution in [0.3, 0.4) is 0 Å². The van der Waals surface area contributed by atoms with Gasteiger partial charge in [0.2, 0.25) is 11.8 Å². The van der Waals surface area contributed by atoms with Gasteiger partial charge in [-0.2, -0.15) is 0 Å². The van der Waals surface area contributed by atoms with Crippen molar-refractivity contribution in [2.75, 3.05) is 7.11 Å². The number of hydrogen-bond acceptors (Lipinski definition) is 4. The average molecular weight is 303 g/mol. The molecule has 6 nitrogen and oxygen atoms in total.